The highest BCUT2D eigenvalue weighted by Crippen LogP contribution is 2.21. The average Bonchev–Trinajstić information content (AvgIpc) is 2.75. The number of hydrogen-bond donors (Lipinski definition) is 0. The molecule has 29 heavy (non-hydrogen) atoms. The summed E-state index contributed by atoms with van der Waals surface area (Å²) in [5.41, 5.74) is 1.06. The molecular formula is C22H19ClN2O4. The Kier molecular flexibility index (Phi) is 6.14. The molecule has 0 saturated carbocycles. The minimum atomic E-state index is -0.562. The summed E-state index contributed by atoms with van der Waals surface area (Å²) in [6.07, 6.45) is 1.62. The van der Waals surface area contributed by atoms with Crippen molar-refractivity contribution in [3.8, 4) is 0 Å². The highest BCUT2D eigenvalue weighted by atomic mass is 35.5. The molecule has 7 heteroatoms. The highest BCUT2D eigenvalue weighted by molar-refractivity contribution is 6.30. The number of pyridine rings is 1. The highest BCUT2D eigenvalue weighted by Gasteiger charge is 2.22. The summed E-state index contributed by atoms with van der Waals surface area (Å²) < 4.78 is 6.23. The number of carbonyl (C=O) groups is 2. The van der Waals surface area contributed by atoms with Gasteiger partial charge in [-0.05, 0) is 42.0 Å². The smallest absolute Gasteiger partial charge is 0.339 e. The fraction of sp³-hybridized carbons (Fsp3) is 0.136. The second kappa shape index (κ2) is 8.75. The van der Waals surface area contributed by atoms with Crippen molar-refractivity contribution in [2.24, 2.45) is 0 Å². The number of ether oxygens (including phenoxy) is 1. The molecule has 0 N–H and O–H groups in total. The quantitative estimate of drug-likeness (QED) is 0.602. The zero-order chi connectivity index (χ0) is 21.0. The lowest BCUT2D eigenvalue weighted by atomic mass is 10.1. The van der Waals surface area contributed by atoms with Crippen molar-refractivity contribution in [3.63, 3.8) is 0 Å². The number of halogens is 1. The summed E-state index contributed by atoms with van der Waals surface area (Å²) >= 11 is 5.90. The van der Waals surface area contributed by atoms with Crippen molar-refractivity contribution in [2.75, 3.05) is 19.1 Å². The van der Waals surface area contributed by atoms with Crippen LogP contribution in [0.1, 0.15) is 26.3 Å². The Balaban J connectivity index is 1.93. The number of nitrogens with zero attached hydrogens (tertiary/aromatic N) is 2. The van der Waals surface area contributed by atoms with E-state index in [9.17, 15) is 14.4 Å². The largest absolute Gasteiger partial charge is 0.465 e. The Morgan fingerprint density at radius 2 is 1.66 bits per heavy atom. The molecule has 0 fully saturated rings. The zero-order valence-electron chi connectivity index (χ0n) is 16.0. The SMILES string of the molecule is COC(=O)c1ccccc1N(C)C(=O)c1cccn(Cc2ccc(Cl)cc2)c1=O. The van der Waals surface area contributed by atoms with Gasteiger partial charge >= 0.3 is 5.97 Å². The summed E-state index contributed by atoms with van der Waals surface area (Å²) in [7, 11) is 2.79. The first-order chi connectivity index (χ1) is 13.9. The van der Waals surface area contributed by atoms with Crippen LogP contribution in [0.5, 0.6) is 0 Å². The van der Waals surface area contributed by atoms with Gasteiger partial charge in [-0.3, -0.25) is 9.59 Å². The summed E-state index contributed by atoms with van der Waals surface area (Å²) in [4.78, 5) is 39.2. The normalized spacial score (nSPS) is 10.4. The van der Waals surface area contributed by atoms with Crippen molar-refractivity contribution in [1.82, 2.24) is 4.57 Å². The van der Waals surface area contributed by atoms with E-state index in [4.69, 9.17) is 16.3 Å². The van der Waals surface area contributed by atoms with Gasteiger partial charge < -0.3 is 14.2 Å². The topological polar surface area (TPSA) is 68.6 Å². The third-order valence-electron chi connectivity index (χ3n) is 4.49. The van der Waals surface area contributed by atoms with Gasteiger partial charge in [-0.15, -0.1) is 0 Å². The molecule has 0 spiro atoms. The van der Waals surface area contributed by atoms with Crippen molar-refractivity contribution in [3.05, 3.63) is 98.9 Å². The Hall–Kier alpha value is -3.38. The molecule has 0 unspecified atom stereocenters. The lowest BCUT2D eigenvalue weighted by Crippen LogP contribution is -2.35. The van der Waals surface area contributed by atoms with Crippen LogP contribution >= 0.6 is 11.6 Å². The average molecular weight is 411 g/mol. The maximum atomic E-state index is 13.0. The van der Waals surface area contributed by atoms with Crippen molar-refractivity contribution >= 4 is 29.2 Å². The minimum absolute atomic E-state index is 0.00336. The molecule has 0 bridgehead atoms. The van der Waals surface area contributed by atoms with Crippen molar-refractivity contribution in [1.29, 1.82) is 0 Å². The van der Waals surface area contributed by atoms with E-state index in [-0.39, 0.29) is 11.1 Å². The minimum Gasteiger partial charge on any atom is -0.465 e. The molecule has 1 aromatic heterocycles. The molecule has 3 aromatic rings. The fourth-order valence-corrected chi connectivity index (χ4v) is 3.08. The monoisotopic (exact) mass is 410 g/mol. The van der Waals surface area contributed by atoms with E-state index in [1.165, 1.54) is 29.7 Å². The number of methoxy groups -OCH3 is 1. The van der Waals surface area contributed by atoms with Gasteiger partial charge in [-0.2, -0.15) is 0 Å². The number of aromatic nitrogens is 1. The molecule has 0 saturated heterocycles. The predicted molar refractivity (Wildman–Crippen MR) is 112 cm³/mol. The standard InChI is InChI=1S/C22H19ClN2O4/c1-24(19-8-4-3-6-17(19)22(28)29-2)20(26)18-7-5-13-25(21(18)27)14-15-9-11-16(23)12-10-15/h3-13H,14H2,1-2H3. The number of amides is 1. The van der Waals surface area contributed by atoms with Gasteiger partial charge in [0, 0.05) is 18.3 Å². The number of hydrogen-bond acceptors (Lipinski definition) is 4. The van der Waals surface area contributed by atoms with Gasteiger partial charge in [0.15, 0.2) is 0 Å². The van der Waals surface area contributed by atoms with Gasteiger partial charge in [-0.25, -0.2) is 4.79 Å². The van der Waals surface area contributed by atoms with Crippen LogP contribution in [0.3, 0.4) is 0 Å². The van der Waals surface area contributed by atoms with Gasteiger partial charge in [0.05, 0.1) is 24.9 Å². The first-order valence-electron chi connectivity index (χ1n) is 8.81. The number of carbonyl (C=O) groups excluding carboxylic acids is 2. The van der Waals surface area contributed by atoms with Crippen LogP contribution in [0.15, 0.2) is 71.7 Å². The van der Waals surface area contributed by atoms with Crippen LogP contribution in [0, 0.1) is 0 Å². The summed E-state index contributed by atoms with van der Waals surface area (Å²) in [5, 5.41) is 0.607. The Morgan fingerprint density at radius 3 is 2.34 bits per heavy atom. The lowest BCUT2D eigenvalue weighted by Gasteiger charge is -2.20. The van der Waals surface area contributed by atoms with E-state index in [0.29, 0.717) is 17.3 Å². The predicted octanol–water partition coefficient (Wildman–Crippen LogP) is 3.61. The van der Waals surface area contributed by atoms with Crippen LogP contribution in [0.25, 0.3) is 0 Å². The molecule has 0 aliphatic heterocycles. The van der Waals surface area contributed by atoms with Crippen LogP contribution in [0.2, 0.25) is 5.02 Å². The third-order valence-corrected chi connectivity index (χ3v) is 4.74. The van der Waals surface area contributed by atoms with E-state index in [2.05, 4.69) is 0 Å². The molecule has 148 valence electrons. The van der Waals surface area contributed by atoms with Crippen LogP contribution in [-0.4, -0.2) is 30.6 Å². The maximum absolute atomic E-state index is 13.0. The summed E-state index contributed by atoms with van der Waals surface area (Å²) in [5.74, 6) is -1.08. The molecule has 0 aliphatic carbocycles. The Labute approximate surface area is 172 Å². The first-order valence-corrected chi connectivity index (χ1v) is 9.19. The van der Waals surface area contributed by atoms with Gasteiger partial charge in [0.25, 0.3) is 11.5 Å². The van der Waals surface area contributed by atoms with Crippen molar-refractivity contribution < 1.29 is 14.3 Å². The number of para-hydroxylation sites is 1. The number of anilines is 1. The van der Waals surface area contributed by atoms with Crippen LogP contribution in [0.4, 0.5) is 5.69 Å². The molecule has 2 aromatic carbocycles. The van der Waals surface area contributed by atoms with Crippen molar-refractivity contribution in [2.45, 2.75) is 6.54 Å². The molecule has 0 aliphatic rings. The maximum Gasteiger partial charge on any atom is 0.339 e. The lowest BCUT2D eigenvalue weighted by molar-refractivity contribution is 0.0601. The molecule has 0 atom stereocenters. The van der Waals surface area contributed by atoms with Gasteiger partial charge in [0.1, 0.15) is 5.56 Å². The zero-order valence-corrected chi connectivity index (χ0v) is 16.7. The molecule has 1 heterocycles. The van der Waals surface area contributed by atoms with E-state index in [1.54, 1.807) is 48.7 Å². The second-order valence-electron chi connectivity index (χ2n) is 6.35. The summed E-state index contributed by atoms with van der Waals surface area (Å²) in [6.45, 7) is 0.305. The first kappa shape index (κ1) is 20.4. The van der Waals surface area contributed by atoms with E-state index >= 15 is 0 Å². The number of rotatable bonds is 5. The Morgan fingerprint density at radius 1 is 1.00 bits per heavy atom. The number of benzene rings is 2. The third kappa shape index (κ3) is 4.38. The fourth-order valence-electron chi connectivity index (χ4n) is 2.95. The van der Waals surface area contributed by atoms with E-state index in [1.807, 2.05) is 12.1 Å². The van der Waals surface area contributed by atoms with Crippen LogP contribution in [-0.2, 0) is 11.3 Å². The second-order valence-corrected chi connectivity index (χ2v) is 6.79. The van der Waals surface area contributed by atoms with E-state index < -0.39 is 17.4 Å². The van der Waals surface area contributed by atoms with Gasteiger partial charge in [-0.1, -0.05) is 35.9 Å². The Bertz CT molecular complexity index is 1110. The van der Waals surface area contributed by atoms with Crippen LogP contribution < -0.4 is 10.5 Å². The van der Waals surface area contributed by atoms with Gasteiger partial charge in [0.2, 0.25) is 0 Å². The number of esters is 1. The van der Waals surface area contributed by atoms with E-state index in [0.717, 1.165) is 5.56 Å². The molecule has 6 nitrogen and oxygen atoms in total. The molecular weight excluding hydrogens is 392 g/mol. The molecule has 3 rings (SSSR count). The molecule has 0 radical (unpaired) electrons. The molecule has 1 amide bonds. The summed E-state index contributed by atoms with van der Waals surface area (Å²) in [6, 6.07) is 16.8.